The summed E-state index contributed by atoms with van der Waals surface area (Å²) in [4.78, 5) is 18.0. The summed E-state index contributed by atoms with van der Waals surface area (Å²) in [5, 5.41) is 8.70. The van der Waals surface area contributed by atoms with Gasteiger partial charge in [0, 0.05) is 7.11 Å². The summed E-state index contributed by atoms with van der Waals surface area (Å²) in [5.41, 5.74) is 5.00. The van der Waals surface area contributed by atoms with Crippen LogP contribution in [0.25, 0.3) is 0 Å². The van der Waals surface area contributed by atoms with Crippen molar-refractivity contribution in [1.82, 2.24) is 9.97 Å². The van der Waals surface area contributed by atoms with Gasteiger partial charge in [-0.25, -0.2) is 14.8 Å². The number of nitrogens with zero attached hydrogens (tertiary/aromatic N) is 2. The Labute approximate surface area is 85.9 Å². The van der Waals surface area contributed by atoms with Gasteiger partial charge in [-0.3, -0.25) is 0 Å². The van der Waals surface area contributed by atoms with E-state index in [1.807, 2.05) is 0 Å². The van der Waals surface area contributed by atoms with Crippen molar-refractivity contribution >= 4 is 11.8 Å². The molecule has 0 unspecified atom stereocenters. The van der Waals surface area contributed by atoms with Gasteiger partial charge in [-0.15, -0.1) is 0 Å². The van der Waals surface area contributed by atoms with Crippen LogP contribution in [-0.2, 0) is 4.74 Å². The number of aromatic nitrogens is 2. The van der Waals surface area contributed by atoms with Crippen molar-refractivity contribution in [2.75, 3.05) is 26.1 Å². The minimum atomic E-state index is -1.24. The van der Waals surface area contributed by atoms with Crippen LogP contribution >= 0.6 is 0 Å². The van der Waals surface area contributed by atoms with Gasteiger partial charge in [0.05, 0.1) is 12.8 Å². The molecule has 0 saturated carbocycles. The fraction of sp³-hybridized carbons (Fsp3) is 0.375. The zero-order valence-corrected chi connectivity index (χ0v) is 8.14. The Bertz CT molecular complexity index is 356. The molecule has 7 nitrogen and oxygen atoms in total. The molecule has 1 heterocycles. The van der Waals surface area contributed by atoms with Crippen LogP contribution in [0.15, 0.2) is 6.20 Å². The van der Waals surface area contributed by atoms with Gasteiger partial charge in [0.25, 0.3) is 0 Å². The van der Waals surface area contributed by atoms with Crippen LogP contribution in [0.1, 0.15) is 10.5 Å². The number of carbonyl (C=O) groups is 1. The van der Waals surface area contributed by atoms with Crippen LogP contribution in [0, 0.1) is 0 Å². The average molecular weight is 213 g/mol. The summed E-state index contributed by atoms with van der Waals surface area (Å²) in [6.07, 6.45) is 1.26. The highest BCUT2D eigenvalue weighted by atomic mass is 16.5. The Morgan fingerprint density at radius 1 is 1.60 bits per heavy atom. The van der Waals surface area contributed by atoms with E-state index < -0.39 is 5.97 Å². The molecule has 0 fully saturated rings. The highest BCUT2D eigenvalue weighted by Crippen LogP contribution is 2.11. The van der Waals surface area contributed by atoms with Gasteiger partial charge in [0.1, 0.15) is 6.61 Å². The third kappa shape index (κ3) is 3.06. The molecule has 0 saturated heterocycles. The number of nitrogens with two attached hydrogens (primary N) is 1. The van der Waals surface area contributed by atoms with Crippen LogP contribution in [-0.4, -0.2) is 41.4 Å². The van der Waals surface area contributed by atoms with E-state index >= 15 is 0 Å². The van der Waals surface area contributed by atoms with Crippen LogP contribution in [0.2, 0.25) is 0 Å². The van der Waals surface area contributed by atoms with E-state index in [2.05, 4.69) is 9.97 Å². The molecule has 15 heavy (non-hydrogen) atoms. The maximum absolute atomic E-state index is 10.6. The molecular weight excluding hydrogens is 202 g/mol. The Hall–Kier alpha value is -1.89. The predicted octanol–water partition coefficient (Wildman–Crippen LogP) is -0.218. The van der Waals surface area contributed by atoms with Crippen molar-refractivity contribution in [3.05, 3.63) is 11.9 Å². The fourth-order valence-electron chi connectivity index (χ4n) is 0.839. The van der Waals surface area contributed by atoms with E-state index in [1.165, 1.54) is 13.3 Å². The molecule has 0 aromatic carbocycles. The largest absolute Gasteiger partial charge is 0.476 e. The number of hydrogen-bond donors (Lipinski definition) is 2. The molecule has 0 aliphatic carbocycles. The number of methoxy groups -OCH3 is 1. The fourth-order valence-corrected chi connectivity index (χ4v) is 0.839. The highest BCUT2D eigenvalue weighted by Gasteiger charge is 2.12. The van der Waals surface area contributed by atoms with Crippen LogP contribution in [0.5, 0.6) is 5.88 Å². The second kappa shape index (κ2) is 5.11. The second-order valence-corrected chi connectivity index (χ2v) is 2.59. The lowest BCUT2D eigenvalue weighted by Gasteiger charge is -2.05. The van der Waals surface area contributed by atoms with Crippen LogP contribution < -0.4 is 10.5 Å². The number of aromatic carboxylic acids is 1. The number of carboxylic acid groups (broad SMARTS) is 1. The Morgan fingerprint density at radius 2 is 2.33 bits per heavy atom. The molecule has 3 N–H and O–H groups in total. The van der Waals surface area contributed by atoms with Gasteiger partial charge in [0.15, 0.2) is 11.5 Å². The topological polar surface area (TPSA) is 108 Å². The van der Waals surface area contributed by atoms with Gasteiger partial charge < -0.3 is 20.3 Å². The molecule has 0 aliphatic heterocycles. The summed E-state index contributed by atoms with van der Waals surface area (Å²) in [5.74, 6) is -1.27. The summed E-state index contributed by atoms with van der Waals surface area (Å²) in [7, 11) is 1.53. The molecule has 0 spiro atoms. The summed E-state index contributed by atoms with van der Waals surface area (Å²) in [6, 6.07) is 0. The molecule has 1 rings (SSSR count). The maximum Gasteiger partial charge on any atom is 0.358 e. The van der Waals surface area contributed by atoms with E-state index in [4.69, 9.17) is 20.3 Å². The number of nitrogen functional groups attached to an aromatic ring is 1. The third-order valence-electron chi connectivity index (χ3n) is 1.52. The molecular formula is C8H11N3O4. The van der Waals surface area contributed by atoms with E-state index in [0.717, 1.165) is 0 Å². The van der Waals surface area contributed by atoms with Crippen molar-refractivity contribution in [2.24, 2.45) is 0 Å². The van der Waals surface area contributed by atoms with Gasteiger partial charge >= 0.3 is 5.97 Å². The molecule has 0 aliphatic rings. The number of rotatable bonds is 5. The average Bonchev–Trinajstić information content (AvgIpc) is 2.20. The Kier molecular flexibility index (Phi) is 3.81. The summed E-state index contributed by atoms with van der Waals surface area (Å²) in [6.45, 7) is 0.655. The first-order chi connectivity index (χ1) is 7.15. The van der Waals surface area contributed by atoms with Crippen LogP contribution in [0.4, 0.5) is 5.82 Å². The van der Waals surface area contributed by atoms with Gasteiger partial charge in [-0.1, -0.05) is 0 Å². The number of carboxylic acids is 1. The Balaban J connectivity index is 2.74. The molecule has 1 aromatic heterocycles. The monoisotopic (exact) mass is 213 g/mol. The normalized spacial score (nSPS) is 9.93. The highest BCUT2D eigenvalue weighted by molar-refractivity contribution is 5.90. The van der Waals surface area contributed by atoms with Gasteiger partial charge in [-0.05, 0) is 0 Å². The second-order valence-electron chi connectivity index (χ2n) is 2.59. The van der Waals surface area contributed by atoms with Crippen molar-refractivity contribution in [3.63, 3.8) is 0 Å². The first-order valence-corrected chi connectivity index (χ1v) is 4.12. The van der Waals surface area contributed by atoms with E-state index in [9.17, 15) is 4.79 Å². The lowest BCUT2D eigenvalue weighted by molar-refractivity contribution is 0.0689. The van der Waals surface area contributed by atoms with Crippen molar-refractivity contribution < 1.29 is 19.4 Å². The molecule has 0 atom stereocenters. The molecule has 0 amide bonds. The predicted molar refractivity (Wildman–Crippen MR) is 50.8 cm³/mol. The zero-order valence-electron chi connectivity index (χ0n) is 8.14. The lowest BCUT2D eigenvalue weighted by Crippen LogP contribution is -2.11. The maximum atomic E-state index is 10.6. The van der Waals surface area contributed by atoms with E-state index in [1.54, 1.807) is 0 Å². The molecule has 0 radical (unpaired) electrons. The van der Waals surface area contributed by atoms with Crippen molar-refractivity contribution in [3.8, 4) is 5.88 Å². The molecule has 7 heteroatoms. The summed E-state index contributed by atoms with van der Waals surface area (Å²) < 4.78 is 9.83. The van der Waals surface area contributed by atoms with Crippen molar-refractivity contribution in [1.29, 1.82) is 0 Å². The van der Waals surface area contributed by atoms with Crippen molar-refractivity contribution in [2.45, 2.75) is 0 Å². The van der Waals surface area contributed by atoms with E-state index in [0.29, 0.717) is 6.61 Å². The minimum Gasteiger partial charge on any atom is -0.476 e. The molecule has 82 valence electrons. The SMILES string of the molecule is COCCOc1cnc(N)c(C(=O)O)n1. The summed E-state index contributed by atoms with van der Waals surface area (Å²) >= 11 is 0. The first-order valence-electron chi connectivity index (χ1n) is 4.12. The Morgan fingerprint density at radius 3 is 2.93 bits per heavy atom. The molecule has 1 aromatic rings. The van der Waals surface area contributed by atoms with Gasteiger partial charge in [-0.2, -0.15) is 0 Å². The lowest BCUT2D eigenvalue weighted by atomic mass is 10.4. The standard InChI is InChI=1S/C8H11N3O4/c1-14-2-3-15-5-4-10-7(9)6(11-5)8(12)13/h4H,2-3H2,1H3,(H2,9,10)(H,12,13). The van der Waals surface area contributed by atoms with Crippen LogP contribution in [0.3, 0.4) is 0 Å². The van der Waals surface area contributed by atoms with E-state index in [-0.39, 0.29) is 24.0 Å². The number of anilines is 1. The number of ether oxygens (including phenoxy) is 2. The number of hydrogen-bond acceptors (Lipinski definition) is 6. The quantitative estimate of drug-likeness (QED) is 0.651. The van der Waals surface area contributed by atoms with Gasteiger partial charge in [0.2, 0.25) is 5.88 Å². The molecule has 0 bridgehead atoms. The third-order valence-corrected chi connectivity index (χ3v) is 1.52. The minimum absolute atomic E-state index is 0.110. The zero-order chi connectivity index (χ0) is 11.3. The smallest absolute Gasteiger partial charge is 0.358 e. The first kappa shape index (κ1) is 11.2.